The Morgan fingerprint density at radius 3 is 2.67 bits per heavy atom. The molecule has 7 nitrogen and oxygen atoms in total. The average molecular weight is 402 g/mol. The van der Waals surface area contributed by atoms with Crippen LogP contribution in [0.3, 0.4) is 0 Å². The molecule has 0 spiro atoms. The molecule has 140 valence electrons. The first kappa shape index (κ1) is 17.9. The minimum Gasteiger partial charge on any atom is -0.344 e. The number of rotatable bonds is 4. The molecule has 1 fully saturated rings. The third kappa shape index (κ3) is 3.93. The summed E-state index contributed by atoms with van der Waals surface area (Å²) in [7, 11) is 0. The van der Waals surface area contributed by atoms with Gasteiger partial charge in [0.15, 0.2) is 5.13 Å². The fraction of sp³-hybridized carbons (Fsp3) is 0.333. The van der Waals surface area contributed by atoms with Gasteiger partial charge in [-0.25, -0.2) is 9.97 Å². The number of thiazole rings is 1. The van der Waals surface area contributed by atoms with Gasteiger partial charge < -0.3 is 15.1 Å². The van der Waals surface area contributed by atoms with Crippen LogP contribution in [0.15, 0.2) is 30.5 Å². The topological polar surface area (TPSA) is 78.4 Å². The molecule has 3 aromatic heterocycles. The normalized spacial score (nSPS) is 14.6. The molecule has 4 heterocycles. The number of pyridine rings is 1. The summed E-state index contributed by atoms with van der Waals surface area (Å²) in [6.45, 7) is 4.67. The minimum atomic E-state index is -0.193. The van der Waals surface area contributed by atoms with E-state index in [1.807, 2.05) is 25.1 Å². The van der Waals surface area contributed by atoms with Crippen LogP contribution in [0.25, 0.3) is 10.3 Å². The molecule has 0 bridgehead atoms. The molecule has 0 unspecified atom stereocenters. The Kier molecular flexibility index (Phi) is 5.04. The summed E-state index contributed by atoms with van der Waals surface area (Å²) < 4.78 is 0. The van der Waals surface area contributed by atoms with Crippen molar-refractivity contribution < 1.29 is 9.59 Å². The Balaban J connectivity index is 1.29. The van der Waals surface area contributed by atoms with Gasteiger partial charge in [0.25, 0.3) is 5.91 Å². The van der Waals surface area contributed by atoms with Crippen molar-refractivity contribution in [2.45, 2.75) is 6.92 Å². The molecule has 27 heavy (non-hydrogen) atoms. The van der Waals surface area contributed by atoms with Crippen molar-refractivity contribution in [2.24, 2.45) is 0 Å². The summed E-state index contributed by atoms with van der Waals surface area (Å²) in [5.74, 6) is -0.246. The molecule has 0 aromatic carbocycles. The van der Waals surface area contributed by atoms with E-state index >= 15 is 0 Å². The number of hydrogen-bond donors (Lipinski definition) is 1. The van der Waals surface area contributed by atoms with Crippen LogP contribution in [0.2, 0.25) is 0 Å². The van der Waals surface area contributed by atoms with E-state index in [1.54, 1.807) is 28.5 Å². The summed E-state index contributed by atoms with van der Waals surface area (Å²) in [4.78, 5) is 40.0. The minimum absolute atomic E-state index is 0.0286. The number of nitrogens with zero attached hydrogens (tertiary/aromatic N) is 4. The lowest BCUT2D eigenvalue weighted by atomic mass is 10.3. The molecule has 3 aromatic rings. The number of aromatic nitrogens is 2. The Bertz CT molecular complexity index is 942. The summed E-state index contributed by atoms with van der Waals surface area (Å²) in [5, 5.41) is 3.66. The van der Waals surface area contributed by atoms with E-state index in [9.17, 15) is 9.59 Å². The van der Waals surface area contributed by atoms with Gasteiger partial charge >= 0.3 is 0 Å². The lowest BCUT2D eigenvalue weighted by Gasteiger charge is -2.34. The highest BCUT2D eigenvalue weighted by atomic mass is 32.1. The number of nitrogens with one attached hydrogen (secondary N) is 1. The molecule has 0 atom stereocenters. The van der Waals surface area contributed by atoms with Gasteiger partial charge in [0.2, 0.25) is 5.91 Å². The molecule has 1 aliphatic rings. The van der Waals surface area contributed by atoms with Crippen LogP contribution in [0.5, 0.6) is 0 Å². The number of amides is 2. The van der Waals surface area contributed by atoms with E-state index in [0.29, 0.717) is 18.0 Å². The zero-order chi connectivity index (χ0) is 18.8. The van der Waals surface area contributed by atoms with E-state index in [2.05, 4.69) is 20.2 Å². The molecular weight excluding hydrogens is 382 g/mol. The van der Waals surface area contributed by atoms with Crippen molar-refractivity contribution in [2.75, 3.05) is 37.6 Å². The smallest absolute Gasteiger partial charge is 0.261 e. The molecular formula is C18H19N5O2S2. The van der Waals surface area contributed by atoms with Crippen molar-refractivity contribution in [3.8, 4) is 0 Å². The summed E-state index contributed by atoms with van der Waals surface area (Å²) >= 11 is 3.00. The maximum Gasteiger partial charge on any atom is 0.261 e. The molecule has 9 heteroatoms. The molecule has 1 saturated heterocycles. The number of anilines is 1. The average Bonchev–Trinajstić information content (AvgIpc) is 3.32. The highest BCUT2D eigenvalue weighted by Gasteiger charge is 2.23. The first-order chi connectivity index (χ1) is 13.1. The van der Waals surface area contributed by atoms with Crippen LogP contribution in [0.4, 0.5) is 5.13 Å². The van der Waals surface area contributed by atoms with Crippen molar-refractivity contribution in [3.63, 3.8) is 0 Å². The standard InChI is InChI=1S/C18H19N5O2S2/c1-12-4-5-14(26-12)16(25)20-11-15(24)22-7-9-23(10-8-22)18-21-13-3-2-6-19-17(13)27-18/h2-6H,7-11H2,1H3,(H,20,25). The van der Waals surface area contributed by atoms with Gasteiger partial charge in [0, 0.05) is 37.3 Å². The first-order valence-corrected chi connectivity index (χ1v) is 10.3. The monoisotopic (exact) mass is 401 g/mol. The van der Waals surface area contributed by atoms with Crippen LogP contribution < -0.4 is 10.2 Å². The molecule has 2 amide bonds. The van der Waals surface area contributed by atoms with Gasteiger partial charge in [-0.1, -0.05) is 11.3 Å². The SMILES string of the molecule is Cc1ccc(C(=O)NCC(=O)N2CCN(c3nc4cccnc4s3)CC2)s1. The number of piperazine rings is 1. The van der Waals surface area contributed by atoms with Gasteiger partial charge in [0.05, 0.1) is 11.4 Å². The predicted octanol–water partition coefficient (Wildman–Crippen LogP) is 2.14. The Labute approximate surface area is 164 Å². The van der Waals surface area contributed by atoms with Crippen LogP contribution in [0.1, 0.15) is 14.5 Å². The van der Waals surface area contributed by atoms with Crippen molar-refractivity contribution in [1.82, 2.24) is 20.2 Å². The third-order valence-corrected chi connectivity index (χ3v) is 6.46. The molecule has 0 radical (unpaired) electrons. The highest BCUT2D eigenvalue weighted by molar-refractivity contribution is 7.21. The number of fused-ring (bicyclic) bond motifs is 1. The second-order valence-electron chi connectivity index (χ2n) is 6.28. The maximum absolute atomic E-state index is 12.4. The second-order valence-corrected chi connectivity index (χ2v) is 8.53. The van der Waals surface area contributed by atoms with Crippen molar-refractivity contribution in [1.29, 1.82) is 0 Å². The lowest BCUT2D eigenvalue weighted by Crippen LogP contribution is -2.51. The van der Waals surface area contributed by atoms with Crippen LogP contribution >= 0.6 is 22.7 Å². The van der Waals surface area contributed by atoms with Gasteiger partial charge in [-0.2, -0.15) is 0 Å². The summed E-state index contributed by atoms with van der Waals surface area (Å²) in [5.41, 5.74) is 0.905. The number of hydrogen-bond acceptors (Lipinski definition) is 7. The first-order valence-electron chi connectivity index (χ1n) is 8.69. The van der Waals surface area contributed by atoms with Gasteiger partial charge in [-0.15, -0.1) is 11.3 Å². The van der Waals surface area contributed by atoms with Crippen LogP contribution in [0, 0.1) is 6.92 Å². The Hall–Kier alpha value is -2.52. The Morgan fingerprint density at radius 2 is 1.96 bits per heavy atom. The van der Waals surface area contributed by atoms with E-state index in [1.165, 1.54) is 11.3 Å². The number of carbonyl (C=O) groups excluding carboxylic acids is 2. The van der Waals surface area contributed by atoms with Gasteiger partial charge in [0.1, 0.15) is 10.3 Å². The number of thiophene rings is 1. The molecule has 4 rings (SSSR count). The third-order valence-electron chi connectivity index (χ3n) is 4.42. The van der Waals surface area contributed by atoms with E-state index in [-0.39, 0.29) is 18.4 Å². The quantitative estimate of drug-likeness (QED) is 0.725. The largest absolute Gasteiger partial charge is 0.344 e. The summed E-state index contributed by atoms with van der Waals surface area (Å²) in [6.07, 6.45) is 1.77. The molecule has 1 aliphatic heterocycles. The zero-order valence-corrected chi connectivity index (χ0v) is 16.5. The van der Waals surface area contributed by atoms with E-state index < -0.39 is 0 Å². The van der Waals surface area contributed by atoms with E-state index in [0.717, 1.165) is 33.4 Å². The van der Waals surface area contributed by atoms with Gasteiger partial charge in [-0.05, 0) is 31.2 Å². The maximum atomic E-state index is 12.4. The molecule has 0 aliphatic carbocycles. The van der Waals surface area contributed by atoms with Crippen molar-refractivity contribution >= 4 is 50.0 Å². The van der Waals surface area contributed by atoms with Crippen LogP contribution in [-0.2, 0) is 4.79 Å². The van der Waals surface area contributed by atoms with Crippen LogP contribution in [-0.4, -0.2) is 59.4 Å². The van der Waals surface area contributed by atoms with E-state index in [4.69, 9.17) is 0 Å². The van der Waals surface area contributed by atoms with Gasteiger partial charge in [-0.3, -0.25) is 9.59 Å². The fourth-order valence-electron chi connectivity index (χ4n) is 2.95. The molecule has 1 N–H and O–H groups in total. The lowest BCUT2D eigenvalue weighted by molar-refractivity contribution is -0.130. The predicted molar refractivity (Wildman–Crippen MR) is 108 cm³/mol. The Morgan fingerprint density at radius 1 is 1.15 bits per heavy atom. The number of aryl methyl sites for hydroxylation is 1. The molecule has 0 saturated carbocycles. The zero-order valence-electron chi connectivity index (χ0n) is 14.8. The highest BCUT2D eigenvalue weighted by Crippen LogP contribution is 2.27. The second kappa shape index (κ2) is 7.61. The summed E-state index contributed by atoms with van der Waals surface area (Å²) in [6, 6.07) is 7.53. The number of carbonyl (C=O) groups is 2. The van der Waals surface area contributed by atoms with Crippen molar-refractivity contribution in [3.05, 3.63) is 40.2 Å². The fourth-order valence-corrected chi connectivity index (χ4v) is 4.70.